The summed E-state index contributed by atoms with van der Waals surface area (Å²) in [6, 6.07) is 18.2. The zero-order valence-electron chi connectivity index (χ0n) is 14.9. The standard InChI is InChI=1S/C22H21ClN2O2/c23-17-7-5-15(6-8-17)21(25-13-10-16(11-14-25)22(26)27)19-9-12-24-20-4-2-1-3-18(19)20/h1-9,12,16,21H,10-11,13-14H2,(H,26,27). The van der Waals surface area contributed by atoms with Crippen LogP contribution in [0.15, 0.2) is 60.8 Å². The van der Waals surface area contributed by atoms with Gasteiger partial charge in [-0.05, 0) is 61.3 Å². The number of hydrogen-bond donors (Lipinski definition) is 1. The van der Waals surface area contributed by atoms with Gasteiger partial charge in [0.25, 0.3) is 0 Å². The quantitative estimate of drug-likeness (QED) is 0.708. The van der Waals surface area contributed by atoms with Crippen molar-refractivity contribution in [1.82, 2.24) is 9.88 Å². The highest BCUT2D eigenvalue weighted by molar-refractivity contribution is 6.30. The molecule has 5 heteroatoms. The molecule has 1 fully saturated rings. The number of aliphatic carboxylic acids is 1. The highest BCUT2D eigenvalue weighted by Crippen LogP contribution is 2.36. The largest absolute Gasteiger partial charge is 0.481 e. The third-order valence-corrected chi connectivity index (χ3v) is 5.66. The molecule has 1 aliphatic heterocycles. The number of likely N-dealkylation sites (tertiary alicyclic amines) is 1. The minimum Gasteiger partial charge on any atom is -0.481 e. The molecule has 1 saturated heterocycles. The van der Waals surface area contributed by atoms with Gasteiger partial charge in [-0.1, -0.05) is 41.9 Å². The molecule has 1 unspecified atom stereocenters. The van der Waals surface area contributed by atoms with Crippen molar-refractivity contribution in [2.45, 2.75) is 18.9 Å². The number of fused-ring (bicyclic) bond motifs is 1. The second-order valence-corrected chi connectivity index (χ2v) is 7.46. The van der Waals surface area contributed by atoms with Crippen LogP contribution in [0.3, 0.4) is 0 Å². The third-order valence-electron chi connectivity index (χ3n) is 5.41. The number of para-hydroxylation sites is 1. The molecule has 1 aromatic heterocycles. The van der Waals surface area contributed by atoms with Crippen LogP contribution in [0, 0.1) is 5.92 Å². The topological polar surface area (TPSA) is 53.4 Å². The SMILES string of the molecule is O=C(O)C1CCN(C(c2ccc(Cl)cc2)c2ccnc3ccccc23)CC1. The smallest absolute Gasteiger partial charge is 0.306 e. The first-order chi connectivity index (χ1) is 13.1. The van der Waals surface area contributed by atoms with Crippen LogP contribution in [0.1, 0.15) is 30.0 Å². The zero-order valence-corrected chi connectivity index (χ0v) is 15.6. The van der Waals surface area contributed by atoms with E-state index >= 15 is 0 Å². The lowest BCUT2D eigenvalue weighted by Gasteiger charge is -2.37. The fourth-order valence-corrected chi connectivity index (χ4v) is 4.12. The van der Waals surface area contributed by atoms with Gasteiger partial charge in [0.15, 0.2) is 0 Å². The molecule has 0 bridgehead atoms. The van der Waals surface area contributed by atoms with Crippen molar-refractivity contribution in [2.24, 2.45) is 5.92 Å². The summed E-state index contributed by atoms with van der Waals surface area (Å²) >= 11 is 6.11. The summed E-state index contributed by atoms with van der Waals surface area (Å²) < 4.78 is 0. The van der Waals surface area contributed by atoms with E-state index in [1.54, 1.807) is 0 Å². The average Bonchev–Trinajstić information content (AvgIpc) is 2.70. The monoisotopic (exact) mass is 380 g/mol. The fourth-order valence-electron chi connectivity index (χ4n) is 3.99. The van der Waals surface area contributed by atoms with Crippen LogP contribution in [-0.2, 0) is 4.79 Å². The summed E-state index contributed by atoms with van der Waals surface area (Å²) in [5.74, 6) is -0.937. The molecule has 2 aromatic carbocycles. The van der Waals surface area contributed by atoms with Gasteiger partial charge in [0, 0.05) is 16.6 Å². The van der Waals surface area contributed by atoms with Crippen LogP contribution < -0.4 is 0 Å². The van der Waals surface area contributed by atoms with Crippen LogP contribution in [0.4, 0.5) is 0 Å². The molecule has 27 heavy (non-hydrogen) atoms. The van der Waals surface area contributed by atoms with Gasteiger partial charge in [-0.15, -0.1) is 0 Å². The molecule has 0 aliphatic carbocycles. The Hall–Kier alpha value is -2.43. The van der Waals surface area contributed by atoms with Gasteiger partial charge in [0.05, 0.1) is 17.5 Å². The zero-order chi connectivity index (χ0) is 18.8. The lowest BCUT2D eigenvalue weighted by molar-refractivity contribution is -0.143. The number of aromatic nitrogens is 1. The second kappa shape index (κ2) is 7.67. The molecule has 4 nitrogen and oxygen atoms in total. The van der Waals surface area contributed by atoms with Gasteiger partial charge >= 0.3 is 5.97 Å². The van der Waals surface area contributed by atoms with E-state index in [4.69, 9.17) is 11.6 Å². The Morgan fingerprint density at radius 2 is 1.78 bits per heavy atom. The van der Waals surface area contributed by atoms with Crippen molar-refractivity contribution in [3.8, 4) is 0 Å². The third kappa shape index (κ3) is 3.68. The Labute approximate surface area is 163 Å². The van der Waals surface area contributed by atoms with E-state index in [-0.39, 0.29) is 12.0 Å². The lowest BCUT2D eigenvalue weighted by atomic mass is 9.90. The summed E-state index contributed by atoms with van der Waals surface area (Å²) in [5, 5.41) is 11.2. The van der Waals surface area contributed by atoms with E-state index < -0.39 is 5.97 Å². The van der Waals surface area contributed by atoms with Crippen LogP contribution in [-0.4, -0.2) is 34.0 Å². The average molecular weight is 381 g/mol. The maximum atomic E-state index is 11.3. The van der Waals surface area contributed by atoms with Gasteiger partial charge in [0.1, 0.15) is 0 Å². The summed E-state index contributed by atoms with van der Waals surface area (Å²) in [5.41, 5.74) is 3.32. The number of piperidine rings is 1. The maximum Gasteiger partial charge on any atom is 0.306 e. The van der Waals surface area contributed by atoms with Gasteiger partial charge < -0.3 is 5.11 Å². The number of halogens is 1. The number of carboxylic acid groups (broad SMARTS) is 1. The summed E-state index contributed by atoms with van der Waals surface area (Å²) in [4.78, 5) is 18.2. The Bertz CT molecular complexity index is 945. The summed E-state index contributed by atoms with van der Waals surface area (Å²) in [6.45, 7) is 1.50. The number of carbonyl (C=O) groups is 1. The molecule has 0 spiro atoms. The van der Waals surface area contributed by atoms with Crippen LogP contribution >= 0.6 is 11.6 Å². The van der Waals surface area contributed by atoms with E-state index in [0.29, 0.717) is 17.9 Å². The molecular formula is C22H21ClN2O2. The normalized spacial score (nSPS) is 17.1. The highest BCUT2D eigenvalue weighted by Gasteiger charge is 2.30. The molecule has 138 valence electrons. The number of benzene rings is 2. The summed E-state index contributed by atoms with van der Waals surface area (Å²) in [7, 11) is 0. The molecule has 3 aromatic rings. The number of rotatable bonds is 4. The second-order valence-electron chi connectivity index (χ2n) is 7.02. The Balaban J connectivity index is 1.77. The first kappa shape index (κ1) is 18.0. The van der Waals surface area contributed by atoms with Gasteiger partial charge in [0.2, 0.25) is 0 Å². The van der Waals surface area contributed by atoms with Crippen molar-refractivity contribution in [3.05, 3.63) is 76.9 Å². The molecule has 4 rings (SSSR count). The van der Waals surface area contributed by atoms with Gasteiger partial charge in [-0.2, -0.15) is 0 Å². The molecule has 1 N–H and O–H groups in total. The van der Waals surface area contributed by atoms with E-state index in [2.05, 4.69) is 34.1 Å². The van der Waals surface area contributed by atoms with E-state index in [9.17, 15) is 9.90 Å². The molecule has 1 aliphatic rings. The number of carboxylic acids is 1. The van der Waals surface area contributed by atoms with Gasteiger partial charge in [-0.3, -0.25) is 14.7 Å². The highest BCUT2D eigenvalue weighted by atomic mass is 35.5. The molecular weight excluding hydrogens is 360 g/mol. The minimum absolute atomic E-state index is 0.0462. The van der Waals surface area contributed by atoms with Crippen LogP contribution in [0.5, 0.6) is 0 Å². The number of nitrogens with zero attached hydrogens (tertiary/aromatic N) is 2. The predicted octanol–water partition coefficient (Wildman–Crippen LogP) is 4.77. The fraction of sp³-hybridized carbons (Fsp3) is 0.273. The van der Waals surface area contributed by atoms with Gasteiger partial charge in [-0.25, -0.2) is 0 Å². The van der Waals surface area contributed by atoms with Crippen molar-refractivity contribution in [1.29, 1.82) is 0 Å². The van der Waals surface area contributed by atoms with E-state index in [0.717, 1.165) is 29.6 Å². The Kier molecular flexibility index (Phi) is 5.10. The van der Waals surface area contributed by atoms with E-state index in [1.807, 2.05) is 36.5 Å². The van der Waals surface area contributed by atoms with Crippen molar-refractivity contribution in [2.75, 3.05) is 13.1 Å². The molecule has 0 saturated carbocycles. The Morgan fingerprint density at radius 3 is 2.48 bits per heavy atom. The molecule has 0 radical (unpaired) electrons. The first-order valence-corrected chi connectivity index (χ1v) is 9.57. The van der Waals surface area contributed by atoms with Crippen molar-refractivity contribution >= 4 is 28.5 Å². The summed E-state index contributed by atoms with van der Waals surface area (Å²) in [6.07, 6.45) is 3.19. The Morgan fingerprint density at radius 1 is 1.07 bits per heavy atom. The molecule has 2 heterocycles. The van der Waals surface area contributed by atoms with Crippen LogP contribution in [0.25, 0.3) is 10.9 Å². The molecule has 1 atom stereocenters. The number of pyridine rings is 1. The first-order valence-electron chi connectivity index (χ1n) is 9.19. The van der Waals surface area contributed by atoms with Crippen LogP contribution in [0.2, 0.25) is 5.02 Å². The predicted molar refractivity (Wildman–Crippen MR) is 107 cm³/mol. The molecule has 0 amide bonds. The lowest BCUT2D eigenvalue weighted by Crippen LogP contribution is -2.39. The van der Waals surface area contributed by atoms with Crippen molar-refractivity contribution in [3.63, 3.8) is 0 Å². The minimum atomic E-state index is -0.688. The van der Waals surface area contributed by atoms with E-state index in [1.165, 1.54) is 5.56 Å². The van der Waals surface area contributed by atoms with Crippen molar-refractivity contribution < 1.29 is 9.90 Å². The maximum absolute atomic E-state index is 11.3. The number of hydrogen-bond acceptors (Lipinski definition) is 3.